The highest BCUT2D eigenvalue weighted by Gasteiger charge is 2.33. The van der Waals surface area contributed by atoms with Gasteiger partial charge in [0.05, 0.1) is 5.56 Å². The van der Waals surface area contributed by atoms with Gasteiger partial charge >= 0.3 is 6.18 Å². The van der Waals surface area contributed by atoms with E-state index in [9.17, 15) is 18.0 Å². The smallest absolute Gasteiger partial charge is 0.345 e. The van der Waals surface area contributed by atoms with E-state index in [0.717, 1.165) is 6.07 Å². The van der Waals surface area contributed by atoms with Crippen LogP contribution >= 0.6 is 31.9 Å². The maximum atomic E-state index is 12.8. The Hall–Kier alpha value is -1.28. The van der Waals surface area contributed by atoms with Gasteiger partial charge in [0.2, 0.25) is 0 Å². The summed E-state index contributed by atoms with van der Waals surface area (Å²) in [6.45, 7) is 0. The molecule has 0 saturated carbocycles. The van der Waals surface area contributed by atoms with Crippen molar-refractivity contribution in [3.05, 3.63) is 50.7 Å². The lowest BCUT2D eigenvalue weighted by Crippen LogP contribution is -2.16. The minimum atomic E-state index is -4.49. The van der Waals surface area contributed by atoms with Crippen LogP contribution in [0.3, 0.4) is 0 Å². The number of benzene rings is 1. The van der Waals surface area contributed by atoms with Crippen molar-refractivity contribution in [3.63, 3.8) is 0 Å². The first kappa shape index (κ1) is 16.1. The first-order chi connectivity index (χ1) is 9.68. The zero-order valence-corrected chi connectivity index (χ0v) is 13.8. The number of alkyl halides is 3. The molecule has 1 N–H and O–H groups in total. The Morgan fingerprint density at radius 1 is 1.24 bits per heavy atom. The van der Waals surface area contributed by atoms with E-state index in [0.29, 0.717) is 10.2 Å². The van der Waals surface area contributed by atoms with Crippen molar-refractivity contribution in [1.82, 2.24) is 4.57 Å². The molecule has 0 bridgehead atoms. The average molecular weight is 426 g/mol. The van der Waals surface area contributed by atoms with E-state index in [-0.39, 0.29) is 10.2 Å². The second-order valence-electron chi connectivity index (χ2n) is 4.30. The summed E-state index contributed by atoms with van der Waals surface area (Å²) in [6.07, 6.45) is -2.81. The molecule has 2 rings (SSSR count). The summed E-state index contributed by atoms with van der Waals surface area (Å²) >= 11 is 6.08. The molecule has 0 atom stereocenters. The summed E-state index contributed by atoms with van der Waals surface area (Å²) < 4.78 is 40.6. The predicted octanol–water partition coefficient (Wildman–Crippen LogP) is 4.82. The maximum absolute atomic E-state index is 12.8. The van der Waals surface area contributed by atoms with Gasteiger partial charge < -0.3 is 9.88 Å². The average Bonchev–Trinajstić information content (AvgIpc) is 2.69. The van der Waals surface area contributed by atoms with Crippen LogP contribution in [0.4, 0.5) is 18.9 Å². The highest BCUT2D eigenvalue weighted by Crippen LogP contribution is 2.36. The molecule has 2 aromatic rings. The number of amides is 1. The maximum Gasteiger partial charge on any atom is 0.417 e. The summed E-state index contributed by atoms with van der Waals surface area (Å²) in [4.78, 5) is 12.0. The van der Waals surface area contributed by atoms with Crippen LogP contribution < -0.4 is 5.32 Å². The van der Waals surface area contributed by atoms with Gasteiger partial charge in [0.25, 0.3) is 5.91 Å². The van der Waals surface area contributed by atoms with E-state index in [1.165, 1.54) is 12.1 Å². The molecular formula is C13H9Br2F3N2O. The lowest BCUT2D eigenvalue weighted by molar-refractivity contribution is -0.138. The number of rotatable bonds is 2. The second kappa shape index (κ2) is 5.84. The van der Waals surface area contributed by atoms with Gasteiger partial charge in [0.1, 0.15) is 5.69 Å². The molecule has 0 aliphatic carbocycles. The fourth-order valence-electron chi connectivity index (χ4n) is 1.77. The Labute approximate surface area is 135 Å². The molecule has 0 saturated heterocycles. The molecule has 0 aliphatic heterocycles. The van der Waals surface area contributed by atoms with Gasteiger partial charge in [0, 0.05) is 27.9 Å². The largest absolute Gasteiger partial charge is 0.417 e. The van der Waals surface area contributed by atoms with Crippen molar-refractivity contribution >= 4 is 43.5 Å². The van der Waals surface area contributed by atoms with Crippen LogP contribution in [-0.4, -0.2) is 10.5 Å². The molecule has 112 valence electrons. The van der Waals surface area contributed by atoms with Crippen molar-refractivity contribution < 1.29 is 18.0 Å². The summed E-state index contributed by atoms with van der Waals surface area (Å²) in [6, 6.07) is 5.12. The summed E-state index contributed by atoms with van der Waals surface area (Å²) in [5.74, 6) is -0.487. The molecular weight excluding hydrogens is 417 g/mol. The molecule has 8 heteroatoms. The van der Waals surface area contributed by atoms with Crippen molar-refractivity contribution in [2.24, 2.45) is 7.05 Å². The van der Waals surface area contributed by atoms with Gasteiger partial charge in [-0.3, -0.25) is 4.79 Å². The van der Waals surface area contributed by atoms with Gasteiger partial charge in [-0.25, -0.2) is 0 Å². The molecule has 1 aromatic carbocycles. The Morgan fingerprint density at radius 3 is 2.43 bits per heavy atom. The van der Waals surface area contributed by atoms with Crippen molar-refractivity contribution in [2.45, 2.75) is 6.18 Å². The van der Waals surface area contributed by atoms with Crippen LogP contribution in [0.5, 0.6) is 0 Å². The van der Waals surface area contributed by atoms with Crippen LogP contribution in [0, 0.1) is 0 Å². The van der Waals surface area contributed by atoms with E-state index >= 15 is 0 Å². The fourth-order valence-corrected chi connectivity index (χ4v) is 2.76. The molecule has 1 amide bonds. The molecule has 0 radical (unpaired) electrons. The second-order valence-corrected chi connectivity index (χ2v) is 6.07. The van der Waals surface area contributed by atoms with E-state index in [4.69, 9.17) is 0 Å². The first-order valence-corrected chi connectivity index (χ1v) is 7.27. The monoisotopic (exact) mass is 424 g/mol. The van der Waals surface area contributed by atoms with Gasteiger partial charge in [-0.2, -0.15) is 13.2 Å². The topological polar surface area (TPSA) is 34.0 Å². The van der Waals surface area contributed by atoms with Crippen molar-refractivity contribution in [1.29, 1.82) is 0 Å². The number of nitrogens with one attached hydrogen (secondary N) is 1. The van der Waals surface area contributed by atoms with Crippen LogP contribution in [0.2, 0.25) is 0 Å². The van der Waals surface area contributed by atoms with Crippen LogP contribution in [0.25, 0.3) is 0 Å². The van der Waals surface area contributed by atoms with Crippen molar-refractivity contribution in [2.75, 3.05) is 5.32 Å². The van der Waals surface area contributed by atoms with E-state index in [1.807, 2.05) is 0 Å². The SMILES string of the molecule is Cn1cc(Br)cc1C(=O)Nc1ccc(Br)c(C(F)(F)F)c1. The number of nitrogens with zero attached hydrogens (tertiary/aromatic N) is 1. The molecule has 0 spiro atoms. The standard InChI is InChI=1S/C13H9Br2F3N2O/c1-20-6-7(14)4-11(20)12(21)19-8-2-3-10(15)9(5-8)13(16,17)18/h2-6H,1H3,(H,19,21). The number of hydrogen-bond donors (Lipinski definition) is 1. The minimum absolute atomic E-state index is 0.0744. The highest BCUT2D eigenvalue weighted by atomic mass is 79.9. The third-order valence-electron chi connectivity index (χ3n) is 2.73. The Kier molecular flexibility index (Phi) is 4.48. The fraction of sp³-hybridized carbons (Fsp3) is 0.154. The minimum Gasteiger partial charge on any atom is -0.345 e. The highest BCUT2D eigenvalue weighted by molar-refractivity contribution is 9.10. The third-order valence-corrected chi connectivity index (χ3v) is 3.86. The van der Waals surface area contributed by atoms with E-state index in [1.54, 1.807) is 23.9 Å². The third kappa shape index (κ3) is 3.68. The van der Waals surface area contributed by atoms with Crippen LogP contribution in [0.15, 0.2) is 39.4 Å². The van der Waals surface area contributed by atoms with Gasteiger partial charge in [-0.15, -0.1) is 0 Å². The lowest BCUT2D eigenvalue weighted by Gasteiger charge is -2.12. The normalized spacial score (nSPS) is 11.5. The number of carbonyl (C=O) groups is 1. The molecule has 21 heavy (non-hydrogen) atoms. The lowest BCUT2D eigenvalue weighted by atomic mass is 10.2. The number of aryl methyl sites for hydroxylation is 1. The van der Waals surface area contributed by atoms with Crippen LogP contribution in [-0.2, 0) is 13.2 Å². The molecule has 0 fully saturated rings. The Morgan fingerprint density at radius 2 is 1.90 bits per heavy atom. The molecule has 0 aliphatic rings. The Bertz CT molecular complexity index is 695. The predicted molar refractivity (Wildman–Crippen MR) is 80.2 cm³/mol. The first-order valence-electron chi connectivity index (χ1n) is 5.68. The van der Waals surface area contributed by atoms with Gasteiger partial charge in [-0.05, 0) is 40.2 Å². The molecule has 0 unspecified atom stereocenters. The Balaban J connectivity index is 2.28. The number of carbonyl (C=O) groups excluding carboxylic acids is 1. The number of anilines is 1. The zero-order chi connectivity index (χ0) is 15.8. The zero-order valence-electron chi connectivity index (χ0n) is 10.6. The molecule has 1 heterocycles. The van der Waals surface area contributed by atoms with Gasteiger partial charge in [0.15, 0.2) is 0 Å². The molecule has 3 nitrogen and oxygen atoms in total. The quantitative estimate of drug-likeness (QED) is 0.735. The number of aromatic nitrogens is 1. The summed E-state index contributed by atoms with van der Waals surface area (Å²) in [5, 5.41) is 2.45. The summed E-state index contributed by atoms with van der Waals surface area (Å²) in [7, 11) is 1.67. The number of hydrogen-bond acceptors (Lipinski definition) is 1. The number of halogens is 5. The van der Waals surface area contributed by atoms with E-state index < -0.39 is 17.6 Å². The van der Waals surface area contributed by atoms with E-state index in [2.05, 4.69) is 37.2 Å². The van der Waals surface area contributed by atoms with Crippen molar-refractivity contribution in [3.8, 4) is 0 Å². The molecule has 1 aromatic heterocycles. The summed E-state index contributed by atoms with van der Waals surface area (Å²) in [5.41, 5.74) is -0.431. The van der Waals surface area contributed by atoms with Gasteiger partial charge in [-0.1, -0.05) is 15.9 Å². The van der Waals surface area contributed by atoms with Crippen LogP contribution in [0.1, 0.15) is 16.1 Å².